The number of aromatic nitrogens is 2. The Bertz CT molecular complexity index is 406. The van der Waals surface area contributed by atoms with E-state index < -0.39 is 0 Å². The van der Waals surface area contributed by atoms with E-state index in [2.05, 4.69) is 19.2 Å². The van der Waals surface area contributed by atoms with Gasteiger partial charge < -0.3 is 10.1 Å². The van der Waals surface area contributed by atoms with Gasteiger partial charge in [0.05, 0.1) is 11.8 Å². The Morgan fingerprint density at radius 2 is 2.22 bits per heavy atom. The summed E-state index contributed by atoms with van der Waals surface area (Å²) < 4.78 is 5.30. The van der Waals surface area contributed by atoms with Crippen LogP contribution in [0.5, 0.6) is 0 Å². The fraction of sp³-hybridized carbons (Fsp3) is 0.714. The lowest BCUT2D eigenvalue weighted by Crippen LogP contribution is -2.27. The normalized spacial score (nSPS) is 16.4. The van der Waals surface area contributed by atoms with Gasteiger partial charge in [-0.05, 0) is 31.9 Å². The first-order chi connectivity index (χ1) is 8.74. The SMILES string of the molecule is CCCc1nc(CC(C)OC)nc2c1CCNC2. The third kappa shape index (κ3) is 3.06. The maximum absolute atomic E-state index is 5.30. The first-order valence-electron chi connectivity index (χ1n) is 6.85. The van der Waals surface area contributed by atoms with E-state index in [4.69, 9.17) is 14.7 Å². The lowest BCUT2D eigenvalue weighted by molar-refractivity contribution is 0.117. The molecule has 0 saturated carbocycles. The Hall–Kier alpha value is -1.00. The number of rotatable bonds is 5. The molecular formula is C14H23N3O. The molecule has 0 aliphatic carbocycles. The summed E-state index contributed by atoms with van der Waals surface area (Å²) >= 11 is 0. The first kappa shape index (κ1) is 13.4. The molecule has 1 aromatic heterocycles. The summed E-state index contributed by atoms with van der Waals surface area (Å²) in [6, 6.07) is 0. The van der Waals surface area contributed by atoms with Crippen LogP contribution in [0, 0.1) is 0 Å². The van der Waals surface area contributed by atoms with Crippen LogP contribution < -0.4 is 5.32 Å². The summed E-state index contributed by atoms with van der Waals surface area (Å²) in [6.45, 7) is 6.18. The lowest BCUT2D eigenvalue weighted by Gasteiger charge is -2.20. The highest BCUT2D eigenvalue weighted by Gasteiger charge is 2.17. The summed E-state index contributed by atoms with van der Waals surface area (Å²) in [7, 11) is 1.73. The number of methoxy groups -OCH3 is 1. The molecule has 0 bridgehead atoms. The third-order valence-electron chi connectivity index (χ3n) is 3.43. The molecule has 4 heteroatoms. The molecule has 1 atom stereocenters. The first-order valence-corrected chi connectivity index (χ1v) is 6.85. The molecular weight excluding hydrogens is 226 g/mol. The molecule has 1 aliphatic heterocycles. The molecule has 1 aliphatic rings. The van der Waals surface area contributed by atoms with Crippen molar-refractivity contribution < 1.29 is 4.74 Å². The molecule has 0 spiro atoms. The molecule has 0 radical (unpaired) electrons. The number of nitrogens with one attached hydrogen (secondary N) is 1. The van der Waals surface area contributed by atoms with Crippen molar-refractivity contribution in [2.75, 3.05) is 13.7 Å². The Labute approximate surface area is 109 Å². The molecule has 4 nitrogen and oxygen atoms in total. The van der Waals surface area contributed by atoms with Crippen molar-refractivity contribution in [1.29, 1.82) is 0 Å². The molecule has 100 valence electrons. The number of hydrogen-bond acceptors (Lipinski definition) is 4. The predicted molar refractivity (Wildman–Crippen MR) is 71.6 cm³/mol. The maximum atomic E-state index is 5.30. The highest BCUT2D eigenvalue weighted by molar-refractivity contribution is 5.28. The van der Waals surface area contributed by atoms with Gasteiger partial charge in [-0.1, -0.05) is 13.3 Å². The Kier molecular flexibility index (Phi) is 4.66. The zero-order valence-electron chi connectivity index (χ0n) is 11.6. The van der Waals surface area contributed by atoms with Crippen LogP contribution in [-0.2, 0) is 30.5 Å². The van der Waals surface area contributed by atoms with E-state index in [1.54, 1.807) is 7.11 Å². The van der Waals surface area contributed by atoms with Gasteiger partial charge in [-0.2, -0.15) is 0 Å². The van der Waals surface area contributed by atoms with E-state index in [-0.39, 0.29) is 6.10 Å². The third-order valence-corrected chi connectivity index (χ3v) is 3.43. The van der Waals surface area contributed by atoms with Crippen molar-refractivity contribution in [2.24, 2.45) is 0 Å². The topological polar surface area (TPSA) is 47.0 Å². The van der Waals surface area contributed by atoms with Crippen molar-refractivity contribution in [3.63, 3.8) is 0 Å². The fourth-order valence-corrected chi connectivity index (χ4v) is 2.37. The van der Waals surface area contributed by atoms with Gasteiger partial charge in [0.15, 0.2) is 0 Å². The van der Waals surface area contributed by atoms with Gasteiger partial charge in [0.25, 0.3) is 0 Å². The van der Waals surface area contributed by atoms with Crippen molar-refractivity contribution in [2.45, 2.75) is 52.2 Å². The Morgan fingerprint density at radius 3 is 2.94 bits per heavy atom. The standard InChI is InChI=1S/C14H23N3O/c1-4-5-12-11-6-7-15-9-13(11)17-14(16-12)8-10(2)18-3/h10,15H,4-9H2,1-3H3. The molecule has 1 aromatic rings. The summed E-state index contributed by atoms with van der Waals surface area (Å²) in [5.41, 5.74) is 3.82. The van der Waals surface area contributed by atoms with E-state index in [0.717, 1.165) is 44.6 Å². The molecule has 0 saturated heterocycles. The van der Waals surface area contributed by atoms with Gasteiger partial charge in [-0.25, -0.2) is 9.97 Å². The van der Waals surface area contributed by atoms with Crippen LogP contribution >= 0.6 is 0 Å². The minimum absolute atomic E-state index is 0.175. The number of nitrogens with zero attached hydrogens (tertiary/aromatic N) is 2. The van der Waals surface area contributed by atoms with Gasteiger partial charge in [0.1, 0.15) is 5.82 Å². The van der Waals surface area contributed by atoms with E-state index in [0.29, 0.717) is 0 Å². The summed E-state index contributed by atoms with van der Waals surface area (Å²) in [6.07, 6.45) is 4.22. The van der Waals surface area contributed by atoms with Crippen molar-refractivity contribution in [3.05, 3.63) is 22.8 Å². The second-order valence-electron chi connectivity index (χ2n) is 4.94. The highest BCUT2D eigenvalue weighted by atomic mass is 16.5. The van der Waals surface area contributed by atoms with Gasteiger partial charge in [-0.15, -0.1) is 0 Å². The highest BCUT2D eigenvalue weighted by Crippen LogP contribution is 2.18. The zero-order valence-corrected chi connectivity index (χ0v) is 11.6. The predicted octanol–water partition coefficient (Wildman–Crippen LogP) is 1.65. The Morgan fingerprint density at radius 1 is 1.39 bits per heavy atom. The monoisotopic (exact) mass is 249 g/mol. The number of ether oxygens (including phenoxy) is 1. The molecule has 2 heterocycles. The number of aryl methyl sites for hydroxylation is 1. The second-order valence-corrected chi connectivity index (χ2v) is 4.94. The zero-order chi connectivity index (χ0) is 13.0. The minimum atomic E-state index is 0.175. The van der Waals surface area contributed by atoms with E-state index in [1.807, 2.05) is 0 Å². The van der Waals surface area contributed by atoms with Crippen LogP contribution in [-0.4, -0.2) is 29.7 Å². The van der Waals surface area contributed by atoms with Crippen LogP contribution in [0.15, 0.2) is 0 Å². The van der Waals surface area contributed by atoms with Crippen LogP contribution in [0.2, 0.25) is 0 Å². The summed E-state index contributed by atoms with van der Waals surface area (Å²) in [4.78, 5) is 9.44. The molecule has 1 N–H and O–H groups in total. The van der Waals surface area contributed by atoms with Crippen LogP contribution in [0.25, 0.3) is 0 Å². The van der Waals surface area contributed by atoms with Crippen LogP contribution in [0.1, 0.15) is 43.0 Å². The van der Waals surface area contributed by atoms with Crippen molar-refractivity contribution >= 4 is 0 Å². The molecule has 2 rings (SSSR count). The minimum Gasteiger partial charge on any atom is -0.381 e. The van der Waals surface area contributed by atoms with E-state index in [9.17, 15) is 0 Å². The van der Waals surface area contributed by atoms with Crippen molar-refractivity contribution in [1.82, 2.24) is 15.3 Å². The largest absolute Gasteiger partial charge is 0.381 e. The van der Waals surface area contributed by atoms with Gasteiger partial charge in [0, 0.05) is 25.8 Å². The van der Waals surface area contributed by atoms with Gasteiger partial charge >= 0.3 is 0 Å². The van der Waals surface area contributed by atoms with Crippen LogP contribution in [0.3, 0.4) is 0 Å². The molecule has 0 fully saturated rings. The molecule has 1 unspecified atom stereocenters. The smallest absolute Gasteiger partial charge is 0.131 e. The van der Waals surface area contributed by atoms with Gasteiger partial charge in [0.2, 0.25) is 0 Å². The molecule has 0 amide bonds. The molecule has 0 aromatic carbocycles. The van der Waals surface area contributed by atoms with E-state index in [1.165, 1.54) is 17.0 Å². The number of fused-ring (bicyclic) bond motifs is 1. The second kappa shape index (κ2) is 6.25. The van der Waals surface area contributed by atoms with Crippen LogP contribution in [0.4, 0.5) is 0 Å². The van der Waals surface area contributed by atoms with E-state index >= 15 is 0 Å². The number of hydrogen-bond donors (Lipinski definition) is 1. The fourth-order valence-electron chi connectivity index (χ4n) is 2.37. The quantitative estimate of drug-likeness (QED) is 0.862. The van der Waals surface area contributed by atoms with Crippen molar-refractivity contribution in [3.8, 4) is 0 Å². The average Bonchev–Trinajstić information content (AvgIpc) is 2.39. The summed E-state index contributed by atoms with van der Waals surface area (Å²) in [5.74, 6) is 0.926. The summed E-state index contributed by atoms with van der Waals surface area (Å²) in [5, 5.41) is 3.38. The average molecular weight is 249 g/mol. The maximum Gasteiger partial charge on any atom is 0.131 e. The lowest BCUT2D eigenvalue weighted by atomic mass is 10.0. The Balaban J connectivity index is 2.28. The van der Waals surface area contributed by atoms with Gasteiger partial charge in [-0.3, -0.25) is 0 Å². The molecule has 18 heavy (non-hydrogen) atoms.